The Balaban J connectivity index is 1.66. The zero-order chi connectivity index (χ0) is 19.0. The molecule has 0 radical (unpaired) electrons. The number of benzene rings is 2. The summed E-state index contributed by atoms with van der Waals surface area (Å²) in [5.41, 5.74) is 1.47. The van der Waals surface area contributed by atoms with Crippen molar-refractivity contribution < 1.29 is 14.4 Å². The molecule has 2 fully saturated rings. The van der Waals surface area contributed by atoms with Gasteiger partial charge in [0.2, 0.25) is 5.91 Å². The number of anilines is 2. The monoisotopic (exact) mass is 428 g/mol. The van der Waals surface area contributed by atoms with Crippen LogP contribution < -0.4 is 9.96 Å². The number of para-hydroxylation sites is 1. The molecule has 0 unspecified atom stereocenters. The Morgan fingerprint density at radius 2 is 1.67 bits per heavy atom. The zero-order valence-electron chi connectivity index (χ0n) is 15.0. The summed E-state index contributed by atoms with van der Waals surface area (Å²) in [4.78, 5) is 33.6. The highest BCUT2D eigenvalue weighted by Gasteiger charge is 2.59. The molecule has 3 atom stereocenters. The molecule has 0 bridgehead atoms. The van der Waals surface area contributed by atoms with Crippen LogP contribution in [0.25, 0.3) is 0 Å². The lowest BCUT2D eigenvalue weighted by Gasteiger charge is -2.28. The van der Waals surface area contributed by atoms with Gasteiger partial charge >= 0.3 is 0 Å². The predicted molar refractivity (Wildman–Crippen MR) is 107 cm³/mol. The van der Waals surface area contributed by atoms with Crippen molar-refractivity contribution in [3.8, 4) is 0 Å². The second kappa shape index (κ2) is 7.44. The number of hydrogen-bond donors (Lipinski definition) is 0. The standard InChI is InChI=1S/C21H21BrN2O3/c1-2-3-9-17-18-19(27-24(17)16-7-5-4-6-8-16)21(26)23(20(18)25)15-12-10-14(22)11-13-15/h4-8,10-13,17-19H,2-3,9H2,1H3/t17-,18-,19+/m0/s1. The van der Waals surface area contributed by atoms with Gasteiger partial charge in [0, 0.05) is 4.47 Å². The van der Waals surface area contributed by atoms with Crippen molar-refractivity contribution in [3.63, 3.8) is 0 Å². The van der Waals surface area contributed by atoms with Crippen LogP contribution in [-0.2, 0) is 14.4 Å². The van der Waals surface area contributed by atoms with E-state index in [1.807, 2.05) is 42.5 Å². The van der Waals surface area contributed by atoms with Gasteiger partial charge < -0.3 is 0 Å². The lowest BCUT2D eigenvalue weighted by Crippen LogP contribution is -2.40. The van der Waals surface area contributed by atoms with Gasteiger partial charge in [-0.1, -0.05) is 53.9 Å². The van der Waals surface area contributed by atoms with Crippen molar-refractivity contribution in [3.05, 3.63) is 59.1 Å². The van der Waals surface area contributed by atoms with E-state index in [0.29, 0.717) is 5.69 Å². The van der Waals surface area contributed by atoms with Gasteiger partial charge in [-0.25, -0.2) is 9.96 Å². The van der Waals surface area contributed by atoms with E-state index in [9.17, 15) is 9.59 Å². The first-order valence-electron chi connectivity index (χ1n) is 9.26. The molecule has 5 nitrogen and oxygen atoms in total. The molecule has 0 spiro atoms. The average molecular weight is 429 g/mol. The van der Waals surface area contributed by atoms with Crippen LogP contribution in [0.1, 0.15) is 26.2 Å². The molecule has 2 heterocycles. The molecular formula is C21H21BrN2O3. The summed E-state index contributed by atoms with van der Waals surface area (Å²) in [5.74, 6) is -0.938. The van der Waals surface area contributed by atoms with Gasteiger partial charge in [0.05, 0.1) is 23.3 Å². The molecule has 140 valence electrons. The molecular weight excluding hydrogens is 408 g/mol. The van der Waals surface area contributed by atoms with E-state index in [0.717, 1.165) is 29.4 Å². The number of unbranched alkanes of at least 4 members (excludes halogenated alkanes) is 1. The second-order valence-electron chi connectivity index (χ2n) is 6.91. The largest absolute Gasteiger partial charge is 0.273 e. The third-order valence-electron chi connectivity index (χ3n) is 5.19. The molecule has 0 aromatic heterocycles. The van der Waals surface area contributed by atoms with Crippen molar-refractivity contribution >= 4 is 39.1 Å². The SMILES string of the molecule is CCCC[C@H]1[C@@H]2C(=O)N(c3ccc(Br)cc3)C(=O)[C@@H]2ON1c1ccccc1. The molecule has 2 aromatic rings. The van der Waals surface area contributed by atoms with Gasteiger partial charge in [-0.05, 0) is 42.8 Å². The number of halogens is 1. The fourth-order valence-corrected chi connectivity index (χ4v) is 4.14. The van der Waals surface area contributed by atoms with Gasteiger partial charge in [-0.3, -0.25) is 14.4 Å². The van der Waals surface area contributed by atoms with E-state index in [1.165, 1.54) is 4.90 Å². The summed E-state index contributed by atoms with van der Waals surface area (Å²) in [7, 11) is 0. The van der Waals surface area contributed by atoms with Crippen LogP contribution in [0.15, 0.2) is 59.1 Å². The van der Waals surface area contributed by atoms with Crippen molar-refractivity contribution in [2.24, 2.45) is 5.92 Å². The zero-order valence-corrected chi connectivity index (χ0v) is 16.6. The Morgan fingerprint density at radius 1 is 0.963 bits per heavy atom. The third-order valence-corrected chi connectivity index (χ3v) is 5.72. The van der Waals surface area contributed by atoms with Crippen molar-refractivity contribution in [1.82, 2.24) is 0 Å². The first-order valence-corrected chi connectivity index (χ1v) is 10.1. The summed E-state index contributed by atoms with van der Waals surface area (Å²) in [6.07, 6.45) is 2.04. The van der Waals surface area contributed by atoms with Crippen LogP contribution in [0.3, 0.4) is 0 Å². The molecule has 2 aliphatic heterocycles. The number of fused-ring (bicyclic) bond motifs is 1. The number of imide groups is 1. The summed E-state index contributed by atoms with van der Waals surface area (Å²) < 4.78 is 0.901. The molecule has 0 N–H and O–H groups in total. The smallest absolute Gasteiger partial charge is 0.266 e. The maximum absolute atomic E-state index is 13.2. The summed E-state index contributed by atoms with van der Waals surface area (Å²) in [6, 6.07) is 16.8. The summed E-state index contributed by atoms with van der Waals surface area (Å²) in [6.45, 7) is 2.12. The summed E-state index contributed by atoms with van der Waals surface area (Å²) in [5, 5.41) is 1.78. The molecule has 6 heteroatoms. The fraction of sp³-hybridized carbons (Fsp3) is 0.333. The van der Waals surface area contributed by atoms with Crippen molar-refractivity contribution in [2.45, 2.75) is 38.3 Å². The Hall–Kier alpha value is -2.18. The Kier molecular flexibility index (Phi) is 5.02. The quantitative estimate of drug-likeness (QED) is 0.665. The highest BCUT2D eigenvalue weighted by Crippen LogP contribution is 2.42. The van der Waals surface area contributed by atoms with Crippen LogP contribution in [0.4, 0.5) is 11.4 Å². The number of carbonyl (C=O) groups excluding carboxylic acids is 2. The van der Waals surface area contributed by atoms with Gasteiger partial charge in [0.1, 0.15) is 0 Å². The van der Waals surface area contributed by atoms with E-state index in [1.54, 1.807) is 17.2 Å². The topological polar surface area (TPSA) is 49.9 Å². The lowest BCUT2D eigenvalue weighted by molar-refractivity contribution is -0.126. The average Bonchev–Trinajstić information content (AvgIpc) is 3.18. The molecule has 4 rings (SSSR count). The van der Waals surface area contributed by atoms with E-state index < -0.39 is 12.0 Å². The minimum atomic E-state index is -0.761. The lowest BCUT2D eigenvalue weighted by atomic mass is 9.92. The number of carbonyl (C=O) groups is 2. The van der Waals surface area contributed by atoms with E-state index in [-0.39, 0.29) is 17.9 Å². The van der Waals surface area contributed by atoms with Gasteiger partial charge in [-0.15, -0.1) is 0 Å². The summed E-state index contributed by atoms with van der Waals surface area (Å²) >= 11 is 3.38. The van der Waals surface area contributed by atoms with E-state index in [2.05, 4.69) is 22.9 Å². The molecule has 2 amide bonds. The van der Waals surface area contributed by atoms with Crippen molar-refractivity contribution in [2.75, 3.05) is 9.96 Å². The maximum Gasteiger partial charge on any atom is 0.266 e. The molecule has 0 saturated carbocycles. The number of amides is 2. The van der Waals surface area contributed by atoms with E-state index >= 15 is 0 Å². The molecule has 2 saturated heterocycles. The maximum atomic E-state index is 13.2. The highest BCUT2D eigenvalue weighted by atomic mass is 79.9. The van der Waals surface area contributed by atoms with Gasteiger partial charge in [0.15, 0.2) is 6.10 Å². The fourth-order valence-electron chi connectivity index (χ4n) is 3.87. The van der Waals surface area contributed by atoms with Crippen LogP contribution >= 0.6 is 15.9 Å². The number of nitrogens with zero attached hydrogens (tertiary/aromatic N) is 2. The van der Waals surface area contributed by atoms with Crippen molar-refractivity contribution in [1.29, 1.82) is 0 Å². The molecule has 2 aliphatic rings. The Bertz CT molecular complexity index is 840. The second-order valence-corrected chi connectivity index (χ2v) is 7.83. The number of hydrogen-bond acceptors (Lipinski definition) is 4. The van der Waals surface area contributed by atoms with E-state index in [4.69, 9.17) is 4.84 Å². The minimum absolute atomic E-state index is 0.144. The highest BCUT2D eigenvalue weighted by molar-refractivity contribution is 9.10. The normalized spacial score (nSPS) is 24.6. The Labute approximate surface area is 167 Å². The first-order chi connectivity index (χ1) is 13.1. The van der Waals surface area contributed by atoms with Crippen LogP contribution in [0.5, 0.6) is 0 Å². The van der Waals surface area contributed by atoms with Crippen LogP contribution in [-0.4, -0.2) is 24.0 Å². The molecule has 2 aromatic carbocycles. The number of rotatable bonds is 5. The van der Waals surface area contributed by atoms with Crippen LogP contribution in [0, 0.1) is 5.92 Å². The first kappa shape index (κ1) is 18.2. The van der Waals surface area contributed by atoms with Gasteiger partial charge in [0.25, 0.3) is 5.91 Å². The predicted octanol–water partition coefficient (Wildman–Crippen LogP) is 4.32. The van der Waals surface area contributed by atoms with Gasteiger partial charge in [-0.2, -0.15) is 0 Å². The number of hydroxylamine groups is 1. The Morgan fingerprint density at radius 3 is 2.33 bits per heavy atom. The minimum Gasteiger partial charge on any atom is -0.273 e. The van der Waals surface area contributed by atoms with Crippen LogP contribution in [0.2, 0.25) is 0 Å². The third kappa shape index (κ3) is 3.17. The molecule has 27 heavy (non-hydrogen) atoms. The molecule has 0 aliphatic carbocycles.